The van der Waals surface area contributed by atoms with Gasteiger partial charge in [0.1, 0.15) is 17.4 Å². The highest BCUT2D eigenvalue weighted by Crippen LogP contribution is 2.33. The molecule has 5 rings (SSSR count). The molecule has 2 aromatic carbocycles. The van der Waals surface area contributed by atoms with Crippen LogP contribution in [0.3, 0.4) is 0 Å². The largest absolute Gasteiger partial charge is 0.495 e. The minimum absolute atomic E-state index is 0.217. The second kappa shape index (κ2) is 9.71. The number of rotatable bonds is 4. The van der Waals surface area contributed by atoms with Crippen LogP contribution in [0.1, 0.15) is 31.7 Å². The molecule has 0 saturated carbocycles. The lowest BCUT2D eigenvalue weighted by Gasteiger charge is -2.40. The molecule has 0 unspecified atom stereocenters. The number of amidine groups is 1. The Balaban J connectivity index is 1.45. The molecule has 0 amide bonds. The number of ether oxygens (including phenoxy) is 1. The molecule has 0 aliphatic carbocycles. The van der Waals surface area contributed by atoms with Crippen molar-refractivity contribution < 1.29 is 9.13 Å². The van der Waals surface area contributed by atoms with Crippen molar-refractivity contribution in [3.63, 3.8) is 0 Å². The molecule has 0 radical (unpaired) electrons. The van der Waals surface area contributed by atoms with Crippen molar-refractivity contribution in [2.45, 2.75) is 26.2 Å². The van der Waals surface area contributed by atoms with Crippen molar-refractivity contribution in [3.8, 4) is 5.75 Å². The Morgan fingerprint density at radius 3 is 2.65 bits per heavy atom. The third-order valence-electron chi connectivity index (χ3n) is 6.28. The summed E-state index contributed by atoms with van der Waals surface area (Å²) in [5.41, 5.74) is 5.45. The molecule has 2 aromatic rings. The highest BCUT2D eigenvalue weighted by atomic mass is 19.1. The molecule has 176 valence electrons. The van der Waals surface area contributed by atoms with Crippen LogP contribution >= 0.6 is 0 Å². The molecule has 3 aliphatic rings. The number of halogens is 1. The predicted molar refractivity (Wildman–Crippen MR) is 137 cm³/mol. The summed E-state index contributed by atoms with van der Waals surface area (Å²) in [6.07, 6.45) is 9.11. The summed E-state index contributed by atoms with van der Waals surface area (Å²) >= 11 is 0. The van der Waals surface area contributed by atoms with Crippen molar-refractivity contribution in [2.75, 3.05) is 43.2 Å². The van der Waals surface area contributed by atoms with Gasteiger partial charge < -0.3 is 9.64 Å². The molecular formula is C27H30FN5O. The fourth-order valence-corrected chi connectivity index (χ4v) is 4.68. The molecule has 3 heterocycles. The molecule has 7 heteroatoms. The maximum atomic E-state index is 13.5. The minimum Gasteiger partial charge on any atom is -0.495 e. The van der Waals surface area contributed by atoms with Crippen LogP contribution in [0.25, 0.3) is 6.08 Å². The quantitative estimate of drug-likeness (QED) is 0.623. The Hall–Kier alpha value is -3.61. The Kier molecular flexibility index (Phi) is 6.34. The van der Waals surface area contributed by atoms with E-state index in [1.807, 2.05) is 23.4 Å². The van der Waals surface area contributed by atoms with E-state index in [9.17, 15) is 4.39 Å². The highest BCUT2D eigenvalue weighted by Gasteiger charge is 2.28. The van der Waals surface area contributed by atoms with Crippen LogP contribution in [0.2, 0.25) is 0 Å². The number of nitrogens with zero attached hydrogens (tertiary/aromatic N) is 5. The Morgan fingerprint density at radius 1 is 1.03 bits per heavy atom. The number of anilines is 2. The molecule has 1 fully saturated rings. The zero-order chi connectivity index (χ0) is 23.5. The summed E-state index contributed by atoms with van der Waals surface area (Å²) in [7, 11) is 1.70. The first kappa shape index (κ1) is 22.2. The third kappa shape index (κ3) is 4.55. The van der Waals surface area contributed by atoms with E-state index in [4.69, 9.17) is 9.73 Å². The zero-order valence-electron chi connectivity index (χ0n) is 19.7. The van der Waals surface area contributed by atoms with Crippen molar-refractivity contribution in [1.82, 2.24) is 5.01 Å². The number of hydrazine groups is 1. The molecular weight excluding hydrogens is 429 g/mol. The monoisotopic (exact) mass is 459 g/mol. The van der Waals surface area contributed by atoms with Crippen molar-refractivity contribution in [2.24, 2.45) is 9.98 Å². The summed E-state index contributed by atoms with van der Waals surface area (Å²) in [5, 5.41) is 4.51. The number of fused-ring (bicyclic) bond motifs is 1. The van der Waals surface area contributed by atoms with E-state index in [1.165, 1.54) is 23.3 Å². The molecule has 3 aliphatic heterocycles. The van der Waals surface area contributed by atoms with Crippen LogP contribution in [0, 0.1) is 5.82 Å². The molecule has 6 nitrogen and oxygen atoms in total. The van der Waals surface area contributed by atoms with E-state index in [1.54, 1.807) is 7.11 Å². The summed E-state index contributed by atoms with van der Waals surface area (Å²) < 4.78 is 19.2. The van der Waals surface area contributed by atoms with Crippen molar-refractivity contribution in [1.29, 1.82) is 0 Å². The van der Waals surface area contributed by atoms with Gasteiger partial charge in [-0.2, -0.15) is 0 Å². The van der Waals surface area contributed by atoms with Gasteiger partial charge in [0.15, 0.2) is 0 Å². The predicted octanol–water partition coefficient (Wildman–Crippen LogP) is 5.29. The SMILES string of the molecule is COc1cc(/C=C2\CCCN3C2=NCCCN3c2ccc(F)cc2)ccc1N1C=NCC(C)=C1. The lowest BCUT2D eigenvalue weighted by molar-refractivity contribution is 0.366. The lowest BCUT2D eigenvalue weighted by atomic mass is 10.0. The smallest absolute Gasteiger partial charge is 0.145 e. The third-order valence-corrected chi connectivity index (χ3v) is 6.28. The molecule has 0 atom stereocenters. The summed E-state index contributed by atoms with van der Waals surface area (Å²) in [4.78, 5) is 11.4. The molecule has 1 saturated heterocycles. The van der Waals surface area contributed by atoms with Gasteiger partial charge in [-0.15, -0.1) is 0 Å². The normalized spacial score (nSPS) is 19.5. The maximum Gasteiger partial charge on any atom is 0.145 e. The standard InChI is InChI=1S/C27H30FN5O/c1-20-17-29-19-31(18-20)25-11-6-21(16-26(25)34-2)15-22-5-3-13-33-27(22)30-12-4-14-32(33)24-9-7-23(28)8-10-24/h6-11,15-16,18-19H,3-5,12-14,17H2,1-2H3/b22-15+. The molecule has 0 spiro atoms. The topological polar surface area (TPSA) is 43.7 Å². The first-order chi connectivity index (χ1) is 16.6. The average molecular weight is 460 g/mol. The maximum absolute atomic E-state index is 13.5. The number of aliphatic imine (C=N–C) groups is 2. The average Bonchev–Trinajstić information content (AvgIpc) is 3.08. The fourth-order valence-electron chi connectivity index (χ4n) is 4.68. The number of methoxy groups -OCH3 is 1. The Bertz CT molecular complexity index is 1170. The van der Waals surface area contributed by atoms with Crippen molar-refractivity contribution in [3.05, 3.63) is 71.2 Å². The van der Waals surface area contributed by atoms with Crippen LogP contribution in [0.15, 0.2) is 69.8 Å². The van der Waals surface area contributed by atoms with Gasteiger partial charge in [-0.05, 0) is 85.4 Å². The first-order valence-electron chi connectivity index (χ1n) is 11.8. The van der Waals surface area contributed by atoms with Gasteiger partial charge in [0, 0.05) is 25.8 Å². The van der Waals surface area contributed by atoms with E-state index in [0.717, 1.165) is 74.0 Å². The number of hydrogen-bond donors (Lipinski definition) is 0. The van der Waals surface area contributed by atoms with Gasteiger partial charge in [0.2, 0.25) is 0 Å². The van der Waals surface area contributed by atoms with E-state index in [2.05, 4.69) is 52.4 Å². The zero-order valence-corrected chi connectivity index (χ0v) is 19.7. The molecule has 0 bridgehead atoms. The molecule has 34 heavy (non-hydrogen) atoms. The van der Waals surface area contributed by atoms with Crippen LogP contribution in [-0.4, -0.2) is 50.5 Å². The summed E-state index contributed by atoms with van der Waals surface area (Å²) in [6, 6.07) is 13.0. The van der Waals surface area contributed by atoms with Crippen LogP contribution in [0.5, 0.6) is 5.75 Å². The van der Waals surface area contributed by atoms with Crippen LogP contribution in [-0.2, 0) is 0 Å². The van der Waals surface area contributed by atoms with Gasteiger partial charge in [-0.1, -0.05) is 6.07 Å². The fraction of sp³-hybridized carbons (Fsp3) is 0.333. The van der Waals surface area contributed by atoms with Gasteiger partial charge >= 0.3 is 0 Å². The molecule has 0 aromatic heterocycles. The number of piperidine rings is 1. The van der Waals surface area contributed by atoms with E-state index >= 15 is 0 Å². The Morgan fingerprint density at radius 2 is 1.85 bits per heavy atom. The van der Waals surface area contributed by atoms with E-state index in [0.29, 0.717) is 0 Å². The van der Waals surface area contributed by atoms with Gasteiger partial charge in [-0.25, -0.2) is 4.39 Å². The first-order valence-corrected chi connectivity index (χ1v) is 11.8. The summed E-state index contributed by atoms with van der Waals surface area (Å²) in [6.45, 7) is 5.35. The van der Waals surface area contributed by atoms with E-state index < -0.39 is 0 Å². The molecule has 0 N–H and O–H groups in total. The van der Waals surface area contributed by atoms with Gasteiger partial charge in [-0.3, -0.25) is 20.0 Å². The van der Waals surface area contributed by atoms with Crippen LogP contribution in [0.4, 0.5) is 15.8 Å². The second-order valence-electron chi connectivity index (χ2n) is 8.82. The summed E-state index contributed by atoms with van der Waals surface area (Å²) in [5.74, 6) is 1.60. The number of hydrogen-bond acceptors (Lipinski definition) is 6. The lowest BCUT2D eigenvalue weighted by Crippen LogP contribution is -2.49. The van der Waals surface area contributed by atoms with Crippen LogP contribution < -0.4 is 14.6 Å². The van der Waals surface area contributed by atoms with Gasteiger partial charge in [0.25, 0.3) is 0 Å². The van der Waals surface area contributed by atoms with Gasteiger partial charge in [0.05, 0.1) is 31.4 Å². The van der Waals surface area contributed by atoms with Crippen molar-refractivity contribution >= 4 is 29.6 Å². The highest BCUT2D eigenvalue weighted by molar-refractivity contribution is 6.03. The number of benzene rings is 2. The second-order valence-corrected chi connectivity index (χ2v) is 8.82. The minimum atomic E-state index is -0.217. The van der Waals surface area contributed by atoms with E-state index in [-0.39, 0.29) is 5.82 Å². The Labute approximate surface area is 200 Å².